The van der Waals surface area contributed by atoms with Crippen LogP contribution in [0.15, 0.2) is 35.5 Å². The summed E-state index contributed by atoms with van der Waals surface area (Å²) in [5, 5.41) is 7.01. The van der Waals surface area contributed by atoms with Crippen molar-refractivity contribution in [3.8, 4) is 0 Å². The summed E-state index contributed by atoms with van der Waals surface area (Å²) < 4.78 is 66.8. The van der Waals surface area contributed by atoms with Crippen LogP contribution in [0, 0.1) is 0 Å². The number of nitrogens with one attached hydrogen (secondary N) is 1. The van der Waals surface area contributed by atoms with Crippen LogP contribution in [0.2, 0.25) is 10.2 Å². The monoisotopic (exact) mass is 425 g/mol. The molecule has 0 aliphatic carbocycles. The number of rotatable bonds is 4. The third-order valence-electron chi connectivity index (χ3n) is 3.28. The molecule has 0 aromatic carbocycles. The fourth-order valence-electron chi connectivity index (χ4n) is 2.10. The molecule has 1 N–H and O–H groups in total. The van der Waals surface area contributed by atoms with Crippen LogP contribution < -0.4 is 4.72 Å². The SMILES string of the molecule is O=S(=O)(NCc1nnc2c(C(F)(F)F)cc(Cl)cn12)c1ccc(Cl)nc1. The van der Waals surface area contributed by atoms with Gasteiger partial charge in [0.25, 0.3) is 0 Å². The minimum Gasteiger partial charge on any atom is -0.283 e. The molecule has 0 unspecified atom stereocenters. The van der Waals surface area contributed by atoms with Crippen LogP contribution in [0.1, 0.15) is 11.4 Å². The molecule has 3 heterocycles. The van der Waals surface area contributed by atoms with Crippen molar-refractivity contribution in [1.82, 2.24) is 24.3 Å². The second-order valence-electron chi connectivity index (χ2n) is 5.02. The average molecular weight is 426 g/mol. The van der Waals surface area contributed by atoms with E-state index in [1.165, 1.54) is 18.3 Å². The molecule has 3 aromatic heterocycles. The standard InChI is InChI=1S/C13H8Cl2F3N5O2S/c14-7-3-9(13(16,17)18)12-22-21-11(23(12)6-7)5-20-26(24,25)8-1-2-10(15)19-4-8/h1-4,6,20H,5H2. The zero-order valence-corrected chi connectivity index (χ0v) is 14.8. The second kappa shape index (κ2) is 6.65. The number of halogens is 5. The van der Waals surface area contributed by atoms with Crippen LogP contribution in [0.5, 0.6) is 0 Å². The van der Waals surface area contributed by atoms with Gasteiger partial charge < -0.3 is 0 Å². The molecule has 0 fully saturated rings. The van der Waals surface area contributed by atoms with E-state index in [4.69, 9.17) is 23.2 Å². The Labute approximate surface area is 154 Å². The molecule has 0 saturated heterocycles. The van der Waals surface area contributed by atoms with Gasteiger partial charge in [-0.05, 0) is 18.2 Å². The van der Waals surface area contributed by atoms with E-state index in [1.807, 2.05) is 0 Å². The fraction of sp³-hybridized carbons (Fsp3) is 0.154. The van der Waals surface area contributed by atoms with Crippen molar-refractivity contribution in [3.63, 3.8) is 0 Å². The lowest BCUT2D eigenvalue weighted by Gasteiger charge is -2.09. The molecule has 3 aromatic rings. The normalized spacial score (nSPS) is 12.7. The van der Waals surface area contributed by atoms with Gasteiger partial charge in [-0.3, -0.25) is 4.40 Å². The van der Waals surface area contributed by atoms with Gasteiger partial charge >= 0.3 is 6.18 Å². The maximum Gasteiger partial charge on any atom is 0.420 e. The minimum absolute atomic E-state index is 0.0708. The van der Waals surface area contributed by atoms with Crippen molar-refractivity contribution in [2.24, 2.45) is 0 Å². The number of nitrogens with zero attached hydrogens (tertiary/aromatic N) is 4. The summed E-state index contributed by atoms with van der Waals surface area (Å²) in [5.41, 5.74) is -1.56. The van der Waals surface area contributed by atoms with E-state index < -0.39 is 34.0 Å². The highest BCUT2D eigenvalue weighted by Crippen LogP contribution is 2.33. The van der Waals surface area contributed by atoms with Gasteiger partial charge in [0, 0.05) is 12.4 Å². The van der Waals surface area contributed by atoms with Crippen LogP contribution in [-0.2, 0) is 22.7 Å². The molecule has 0 radical (unpaired) electrons. The lowest BCUT2D eigenvalue weighted by atomic mass is 10.2. The summed E-state index contributed by atoms with van der Waals surface area (Å²) in [6, 6.07) is 3.25. The number of aromatic nitrogens is 4. The van der Waals surface area contributed by atoms with Gasteiger partial charge in [0.1, 0.15) is 15.6 Å². The van der Waals surface area contributed by atoms with Crippen LogP contribution in [0.4, 0.5) is 13.2 Å². The van der Waals surface area contributed by atoms with E-state index in [2.05, 4.69) is 19.9 Å². The van der Waals surface area contributed by atoms with Gasteiger partial charge in [-0.25, -0.2) is 18.1 Å². The van der Waals surface area contributed by atoms with Crippen molar-refractivity contribution in [2.45, 2.75) is 17.6 Å². The quantitative estimate of drug-likeness (QED) is 0.649. The maximum absolute atomic E-state index is 13.1. The molecule has 0 bridgehead atoms. The largest absolute Gasteiger partial charge is 0.420 e. The van der Waals surface area contributed by atoms with Gasteiger partial charge in [-0.1, -0.05) is 23.2 Å². The van der Waals surface area contributed by atoms with E-state index in [-0.39, 0.29) is 20.9 Å². The third kappa shape index (κ3) is 3.75. The smallest absolute Gasteiger partial charge is 0.283 e. The zero-order chi connectivity index (χ0) is 19.1. The minimum atomic E-state index is -4.69. The topological polar surface area (TPSA) is 89.2 Å². The second-order valence-corrected chi connectivity index (χ2v) is 7.61. The molecule has 138 valence electrons. The molecule has 3 rings (SSSR count). The van der Waals surface area contributed by atoms with Gasteiger partial charge in [-0.2, -0.15) is 13.2 Å². The molecular weight excluding hydrogens is 418 g/mol. The molecule has 0 aliphatic rings. The van der Waals surface area contributed by atoms with Crippen LogP contribution >= 0.6 is 23.2 Å². The Bertz CT molecular complexity index is 1070. The predicted octanol–water partition coefficient (Wildman–Crippen LogP) is 2.93. The molecule has 13 heteroatoms. The summed E-state index contributed by atoms with van der Waals surface area (Å²) in [5.74, 6) is -0.0708. The Morgan fingerprint density at radius 2 is 1.92 bits per heavy atom. The number of fused-ring (bicyclic) bond motifs is 1. The van der Waals surface area contributed by atoms with E-state index in [9.17, 15) is 21.6 Å². The van der Waals surface area contributed by atoms with E-state index in [0.717, 1.165) is 16.7 Å². The van der Waals surface area contributed by atoms with Gasteiger partial charge in [0.2, 0.25) is 10.0 Å². The number of hydrogen-bond donors (Lipinski definition) is 1. The highest BCUT2D eigenvalue weighted by molar-refractivity contribution is 7.89. The number of alkyl halides is 3. The molecule has 0 aliphatic heterocycles. The first-order valence-corrected chi connectivity index (χ1v) is 9.03. The Hall–Kier alpha value is -1.95. The fourth-order valence-corrected chi connectivity index (χ4v) is 3.34. The molecule has 7 nitrogen and oxygen atoms in total. The highest BCUT2D eigenvalue weighted by atomic mass is 35.5. The number of sulfonamides is 1. The highest BCUT2D eigenvalue weighted by Gasteiger charge is 2.35. The van der Waals surface area contributed by atoms with Crippen molar-refractivity contribution in [3.05, 3.63) is 52.2 Å². The van der Waals surface area contributed by atoms with Crippen LogP contribution in [0.25, 0.3) is 5.65 Å². The van der Waals surface area contributed by atoms with Gasteiger partial charge in [0.05, 0.1) is 11.6 Å². The Morgan fingerprint density at radius 1 is 1.19 bits per heavy atom. The lowest BCUT2D eigenvalue weighted by molar-refractivity contribution is -0.136. The zero-order valence-electron chi connectivity index (χ0n) is 12.5. The average Bonchev–Trinajstić information content (AvgIpc) is 2.94. The number of hydrogen-bond acceptors (Lipinski definition) is 5. The summed E-state index contributed by atoms with van der Waals surface area (Å²) >= 11 is 11.3. The molecule has 0 atom stereocenters. The van der Waals surface area contributed by atoms with E-state index in [0.29, 0.717) is 0 Å². The molecule has 0 amide bonds. The first kappa shape index (κ1) is 18.8. The van der Waals surface area contributed by atoms with Crippen molar-refractivity contribution >= 4 is 38.9 Å². The summed E-state index contributed by atoms with van der Waals surface area (Å²) in [6.07, 6.45) is -2.48. The predicted molar refractivity (Wildman–Crippen MR) is 86.3 cm³/mol. The summed E-state index contributed by atoms with van der Waals surface area (Å²) in [7, 11) is -3.98. The molecular formula is C13H8Cl2F3N5O2S. The third-order valence-corrected chi connectivity index (χ3v) is 5.09. The molecule has 26 heavy (non-hydrogen) atoms. The number of pyridine rings is 2. The van der Waals surface area contributed by atoms with Crippen LogP contribution in [-0.4, -0.2) is 28.0 Å². The molecule has 0 spiro atoms. The summed E-state index contributed by atoms with van der Waals surface area (Å²) in [4.78, 5) is 3.50. The first-order chi connectivity index (χ1) is 12.1. The summed E-state index contributed by atoms with van der Waals surface area (Å²) in [6.45, 7) is -0.413. The van der Waals surface area contributed by atoms with Crippen molar-refractivity contribution in [1.29, 1.82) is 0 Å². The van der Waals surface area contributed by atoms with Crippen LogP contribution in [0.3, 0.4) is 0 Å². The van der Waals surface area contributed by atoms with E-state index >= 15 is 0 Å². The van der Waals surface area contributed by atoms with Crippen molar-refractivity contribution < 1.29 is 21.6 Å². The Kier molecular flexibility index (Phi) is 4.82. The van der Waals surface area contributed by atoms with Gasteiger partial charge in [0.15, 0.2) is 11.5 Å². The van der Waals surface area contributed by atoms with Gasteiger partial charge in [-0.15, -0.1) is 10.2 Å². The first-order valence-electron chi connectivity index (χ1n) is 6.79. The Balaban J connectivity index is 1.93. The maximum atomic E-state index is 13.1. The van der Waals surface area contributed by atoms with E-state index in [1.54, 1.807) is 0 Å². The lowest BCUT2D eigenvalue weighted by Crippen LogP contribution is -2.24. The Morgan fingerprint density at radius 3 is 2.54 bits per heavy atom. The molecule has 0 saturated carbocycles. The van der Waals surface area contributed by atoms with Crippen molar-refractivity contribution in [2.75, 3.05) is 0 Å².